The van der Waals surface area contributed by atoms with Gasteiger partial charge in [0.15, 0.2) is 5.82 Å². The molecule has 0 amide bonds. The molecule has 0 spiro atoms. The summed E-state index contributed by atoms with van der Waals surface area (Å²) in [6.07, 6.45) is 0. The number of nitrogens with one attached hydrogen (secondary N) is 2. The maximum Gasteiger partial charge on any atom is 0.269 e. The smallest absolute Gasteiger partial charge is 0.269 e. The van der Waals surface area contributed by atoms with Crippen LogP contribution in [0.4, 0.5) is 17.2 Å². The number of hydrogen-bond donors (Lipinski definition) is 2. The molecule has 0 atom stereocenters. The first-order valence-corrected chi connectivity index (χ1v) is 6.71. The first-order valence-electron chi connectivity index (χ1n) is 6.71. The zero-order chi connectivity index (χ0) is 16.8. The number of rotatable bonds is 6. The third kappa shape index (κ3) is 3.93. The largest absolute Gasteiger partial charge is 0.380 e. The molecule has 8 heteroatoms. The number of pyridine rings is 1. The van der Waals surface area contributed by atoms with Gasteiger partial charge in [0, 0.05) is 30.5 Å². The number of benzene rings is 1. The third-order valence-corrected chi connectivity index (χ3v) is 3.04. The van der Waals surface area contributed by atoms with E-state index < -0.39 is 4.92 Å². The van der Waals surface area contributed by atoms with Crippen LogP contribution in [0.2, 0.25) is 0 Å². The molecule has 0 unspecified atom stereocenters. The van der Waals surface area contributed by atoms with Crippen LogP contribution in [0.5, 0.6) is 0 Å². The minimum Gasteiger partial charge on any atom is -0.380 e. The molecule has 0 saturated heterocycles. The van der Waals surface area contributed by atoms with Gasteiger partial charge in [-0.1, -0.05) is 0 Å². The van der Waals surface area contributed by atoms with Gasteiger partial charge < -0.3 is 4.74 Å². The lowest BCUT2D eigenvalue weighted by Gasteiger charge is -2.13. The highest BCUT2D eigenvalue weighted by Gasteiger charge is 2.11. The number of hydrazine groups is 1. The molecule has 0 aliphatic heterocycles. The Morgan fingerprint density at radius 2 is 2.04 bits per heavy atom. The maximum atomic E-state index is 10.6. The highest BCUT2D eigenvalue weighted by atomic mass is 16.6. The molecule has 0 aliphatic carbocycles. The van der Waals surface area contributed by atoms with Crippen LogP contribution in [0.3, 0.4) is 0 Å². The fourth-order valence-corrected chi connectivity index (χ4v) is 2.02. The Labute approximate surface area is 132 Å². The topological polar surface area (TPSA) is 113 Å². The lowest BCUT2D eigenvalue weighted by atomic mass is 10.1. The number of ether oxygens (including phenoxy) is 1. The Kier molecular flexibility index (Phi) is 5.07. The summed E-state index contributed by atoms with van der Waals surface area (Å²) in [7, 11) is 1.55. The molecule has 1 heterocycles. The molecule has 1 aromatic heterocycles. The van der Waals surface area contributed by atoms with Gasteiger partial charge in [0.1, 0.15) is 11.6 Å². The van der Waals surface area contributed by atoms with Crippen LogP contribution in [0.1, 0.15) is 16.8 Å². The highest BCUT2D eigenvalue weighted by Crippen LogP contribution is 2.20. The standard InChI is InChI=1S/C15H15N5O3/c1-10-7-11(9-23-2)14(8-16)15(17-10)19-18-12-3-5-13(6-4-12)20(21)22/h3-7,18H,9H2,1-2H3,(H,17,19). The second-order valence-corrected chi connectivity index (χ2v) is 4.75. The zero-order valence-corrected chi connectivity index (χ0v) is 12.7. The summed E-state index contributed by atoms with van der Waals surface area (Å²) in [5, 5.41) is 19.9. The van der Waals surface area contributed by atoms with E-state index in [1.165, 1.54) is 12.1 Å². The van der Waals surface area contributed by atoms with Crippen molar-refractivity contribution in [2.75, 3.05) is 18.0 Å². The van der Waals surface area contributed by atoms with Gasteiger partial charge >= 0.3 is 0 Å². The minimum absolute atomic E-state index is 0.00400. The van der Waals surface area contributed by atoms with Crippen molar-refractivity contribution in [3.63, 3.8) is 0 Å². The van der Waals surface area contributed by atoms with Crippen LogP contribution in [-0.4, -0.2) is 17.0 Å². The first-order chi connectivity index (χ1) is 11.0. The van der Waals surface area contributed by atoms with Gasteiger partial charge in [0.25, 0.3) is 5.69 Å². The molecule has 0 saturated carbocycles. The molecule has 23 heavy (non-hydrogen) atoms. The van der Waals surface area contributed by atoms with E-state index in [1.54, 1.807) is 25.3 Å². The van der Waals surface area contributed by atoms with Gasteiger partial charge in [-0.2, -0.15) is 5.26 Å². The molecule has 8 nitrogen and oxygen atoms in total. The van der Waals surface area contributed by atoms with Crippen LogP contribution in [0, 0.1) is 28.4 Å². The van der Waals surface area contributed by atoms with Crippen molar-refractivity contribution >= 4 is 17.2 Å². The number of anilines is 2. The SMILES string of the molecule is COCc1cc(C)nc(NNc2ccc([N+](=O)[O-])cc2)c1C#N. The van der Waals surface area contributed by atoms with Crippen LogP contribution in [0.15, 0.2) is 30.3 Å². The predicted molar refractivity (Wildman–Crippen MR) is 84.7 cm³/mol. The zero-order valence-electron chi connectivity index (χ0n) is 12.7. The van der Waals surface area contributed by atoms with Crippen molar-refractivity contribution in [3.8, 4) is 6.07 Å². The number of nitro groups is 1. The van der Waals surface area contributed by atoms with Crippen LogP contribution >= 0.6 is 0 Å². The summed E-state index contributed by atoms with van der Waals surface area (Å²) in [6.45, 7) is 2.12. The van der Waals surface area contributed by atoms with Gasteiger partial charge in [0.05, 0.1) is 17.2 Å². The fraction of sp³-hybridized carbons (Fsp3) is 0.200. The second kappa shape index (κ2) is 7.20. The monoisotopic (exact) mass is 313 g/mol. The Balaban J connectivity index is 2.19. The van der Waals surface area contributed by atoms with Gasteiger partial charge in [-0.3, -0.25) is 21.0 Å². The summed E-state index contributed by atoms with van der Waals surface area (Å²) < 4.78 is 5.09. The van der Waals surface area contributed by atoms with E-state index in [-0.39, 0.29) is 5.69 Å². The number of nitrogens with zero attached hydrogens (tertiary/aromatic N) is 3. The summed E-state index contributed by atoms with van der Waals surface area (Å²) in [5.41, 5.74) is 8.20. The summed E-state index contributed by atoms with van der Waals surface area (Å²) in [5.74, 6) is 0.373. The third-order valence-electron chi connectivity index (χ3n) is 3.04. The number of nitriles is 1. The normalized spacial score (nSPS) is 9.96. The number of aromatic nitrogens is 1. The van der Waals surface area contributed by atoms with E-state index in [1.807, 2.05) is 6.92 Å². The quantitative estimate of drug-likeness (QED) is 0.622. The fourth-order valence-electron chi connectivity index (χ4n) is 2.02. The number of non-ortho nitro benzene ring substituents is 1. The molecule has 2 N–H and O–H groups in total. The van der Waals surface area contributed by atoms with Crippen molar-refractivity contribution in [3.05, 3.63) is 57.3 Å². The van der Waals surface area contributed by atoms with E-state index in [9.17, 15) is 15.4 Å². The van der Waals surface area contributed by atoms with Gasteiger partial charge in [-0.25, -0.2) is 4.98 Å². The van der Waals surface area contributed by atoms with Crippen LogP contribution in [0.25, 0.3) is 0 Å². The second-order valence-electron chi connectivity index (χ2n) is 4.75. The molecule has 2 aromatic rings. The minimum atomic E-state index is -0.468. The van der Waals surface area contributed by atoms with Gasteiger partial charge in [-0.15, -0.1) is 0 Å². The molecular weight excluding hydrogens is 298 g/mol. The molecular formula is C15H15N5O3. The number of hydrogen-bond acceptors (Lipinski definition) is 7. The van der Waals surface area contributed by atoms with E-state index in [4.69, 9.17) is 4.74 Å². The molecule has 0 fully saturated rings. The number of aryl methyl sites for hydroxylation is 1. The maximum absolute atomic E-state index is 10.6. The lowest BCUT2D eigenvalue weighted by molar-refractivity contribution is -0.384. The number of nitro benzene ring substituents is 1. The Morgan fingerprint density at radius 3 is 2.61 bits per heavy atom. The van der Waals surface area contributed by atoms with Crippen molar-refractivity contribution in [1.29, 1.82) is 5.26 Å². The molecule has 0 radical (unpaired) electrons. The van der Waals surface area contributed by atoms with E-state index in [0.717, 1.165) is 11.3 Å². The predicted octanol–water partition coefficient (Wildman–Crippen LogP) is 2.76. The van der Waals surface area contributed by atoms with Crippen molar-refractivity contribution < 1.29 is 9.66 Å². The van der Waals surface area contributed by atoms with Crippen LogP contribution in [-0.2, 0) is 11.3 Å². The Bertz CT molecular complexity index is 753. The van der Waals surface area contributed by atoms with E-state index in [2.05, 4.69) is 21.9 Å². The average molecular weight is 313 g/mol. The lowest BCUT2D eigenvalue weighted by Crippen LogP contribution is -2.13. The first kappa shape index (κ1) is 16.2. The Morgan fingerprint density at radius 1 is 1.35 bits per heavy atom. The molecule has 1 aromatic carbocycles. The summed E-state index contributed by atoms with van der Waals surface area (Å²) in [4.78, 5) is 14.4. The molecule has 0 bridgehead atoms. The van der Waals surface area contributed by atoms with Crippen molar-refractivity contribution in [1.82, 2.24) is 4.98 Å². The number of methoxy groups -OCH3 is 1. The van der Waals surface area contributed by atoms with E-state index >= 15 is 0 Å². The van der Waals surface area contributed by atoms with Crippen LogP contribution < -0.4 is 10.9 Å². The molecule has 2 rings (SSSR count). The van der Waals surface area contributed by atoms with Crippen molar-refractivity contribution in [2.24, 2.45) is 0 Å². The summed E-state index contributed by atoms with van der Waals surface area (Å²) >= 11 is 0. The summed E-state index contributed by atoms with van der Waals surface area (Å²) in [6, 6.07) is 9.78. The molecule has 118 valence electrons. The Hall–Kier alpha value is -3.18. The van der Waals surface area contributed by atoms with Gasteiger partial charge in [0.2, 0.25) is 0 Å². The average Bonchev–Trinajstić information content (AvgIpc) is 2.53. The van der Waals surface area contributed by atoms with Crippen molar-refractivity contribution in [2.45, 2.75) is 13.5 Å². The van der Waals surface area contributed by atoms with E-state index in [0.29, 0.717) is 23.7 Å². The molecule has 0 aliphatic rings. The highest BCUT2D eigenvalue weighted by molar-refractivity contribution is 5.60. The van der Waals surface area contributed by atoms with Gasteiger partial charge in [-0.05, 0) is 25.1 Å².